The molecule has 1 spiro atoms. The molecule has 2 heterocycles. The molecular weight excluding hydrogens is 300 g/mol. The van der Waals surface area contributed by atoms with Gasteiger partial charge in [-0.3, -0.25) is 9.59 Å². The molecule has 4 nitrogen and oxygen atoms in total. The van der Waals surface area contributed by atoms with Crippen LogP contribution in [0.15, 0.2) is 60.7 Å². The molecule has 24 heavy (non-hydrogen) atoms. The van der Waals surface area contributed by atoms with Gasteiger partial charge in [0, 0.05) is 42.7 Å². The second-order valence-corrected chi connectivity index (χ2v) is 6.83. The van der Waals surface area contributed by atoms with E-state index >= 15 is 0 Å². The number of carbonyl (C=O) groups excluding carboxylic acids is 2. The monoisotopic (exact) mass is 320 g/mol. The van der Waals surface area contributed by atoms with Crippen LogP contribution >= 0.6 is 0 Å². The SMILES string of the molecule is O=C(c1ccccc1)N1CC[C@@]2(CC(=O)N(c3ccccc3)C2)C1. The summed E-state index contributed by atoms with van der Waals surface area (Å²) in [6.07, 6.45) is 1.42. The Morgan fingerprint density at radius 1 is 0.917 bits per heavy atom. The first kappa shape index (κ1) is 14.9. The van der Waals surface area contributed by atoms with Crippen molar-refractivity contribution in [1.29, 1.82) is 0 Å². The zero-order valence-electron chi connectivity index (χ0n) is 13.5. The summed E-state index contributed by atoms with van der Waals surface area (Å²) < 4.78 is 0. The predicted molar refractivity (Wildman–Crippen MR) is 92.8 cm³/mol. The van der Waals surface area contributed by atoms with E-state index in [1.54, 1.807) is 0 Å². The van der Waals surface area contributed by atoms with Crippen LogP contribution in [-0.2, 0) is 4.79 Å². The molecule has 2 amide bonds. The van der Waals surface area contributed by atoms with Crippen LogP contribution in [0.5, 0.6) is 0 Å². The minimum Gasteiger partial charge on any atom is -0.338 e. The van der Waals surface area contributed by atoms with E-state index in [0.717, 1.165) is 24.2 Å². The summed E-state index contributed by atoms with van der Waals surface area (Å²) in [5, 5.41) is 0. The zero-order valence-corrected chi connectivity index (χ0v) is 13.5. The Labute approximate surface area is 141 Å². The van der Waals surface area contributed by atoms with Crippen LogP contribution in [0.1, 0.15) is 23.2 Å². The largest absolute Gasteiger partial charge is 0.338 e. The summed E-state index contributed by atoms with van der Waals surface area (Å²) in [5.74, 6) is 0.230. The fourth-order valence-corrected chi connectivity index (χ4v) is 3.88. The first-order valence-corrected chi connectivity index (χ1v) is 8.37. The van der Waals surface area contributed by atoms with Crippen molar-refractivity contribution in [2.75, 3.05) is 24.5 Å². The Bertz CT molecular complexity index is 760. The molecule has 0 aromatic heterocycles. The van der Waals surface area contributed by atoms with Crippen molar-refractivity contribution in [1.82, 2.24) is 4.90 Å². The van der Waals surface area contributed by atoms with E-state index in [9.17, 15) is 9.59 Å². The summed E-state index contributed by atoms with van der Waals surface area (Å²) in [6.45, 7) is 2.09. The van der Waals surface area contributed by atoms with Gasteiger partial charge in [-0.25, -0.2) is 0 Å². The Morgan fingerprint density at radius 3 is 2.29 bits per heavy atom. The smallest absolute Gasteiger partial charge is 0.253 e. The van der Waals surface area contributed by atoms with E-state index in [4.69, 9.17) is 0 Å². The van der Waals surface area contributed by atoms with Crippen LogP contribution in [0.4, 0.5) is 5.69 Å². The van der Waals surface area contributed by atoms with Crippen molar-refractivity contribution in [2.45, 2.75) is 12.8 Å². The molecule has 1 atom stereocenters. The highest BCUT2D eigenvalue weighted by molar-refractivity contribution is 5.97. The van der Waals surface area contributed by atoms with Gasteiger partial charge in [-0.2, -0.15) is 0 Å². The summed E-state index contributed by atoms with van der Waals surface area (Å²) >= 11 is 0. The number of carbonyl (C=O) groups is 2. The van der Waals surface area contributed by atoms with Crippen LogP contribution in [0, 0.1) is 5.41 Å². The lowest BCUT2D eigenvalue weighted by Gasteiger charge is -2.24. The maximum absolute atomic E-state index is 12.6. The third-order valence-corrected chi connectivity index (χ3v) is 5.13. The molecule has 4 heteroatoms. The molecule has 2 aromatic rings. The molecular formula is C20H20N2O2. The predicted octanol–water partition coefficient (Wildman–Crippen LogP) is 2.96. The minimum absolute atomic E-state index is 0.0677. The number of hydrogen-bond donors (Lipinski definition) is 0. The van der Waals surface area contributed by atoms with E-state index in [1.165, 1.54) is 0 Å². The van der Waals surface area contributed by atoms with Crippen molar-refractivity contribution in [3.63, 3.8) is 0 Å². The number of benzene rings is 2. The number of nitrogens with zero attached hydrogens (tertiary/aromatic N) is 2. The Kier molecular flexibility index (Phi) is 3.60. The van der Waals surface area contributed by atoms with Gasteiger partial charge in [0.2, 0.25) is 5.91 Å². The second-order valence-electron chi connectivity index (χ2n) is 6.83. The highest BCUT2D eigenvalue weighted by Crippen LogP contribution is 2.42. The minimum atomic E-state index is -0.0998. The first-order valence-electron chi connectivity index (χ1n) is 8.37. The van der Waals surface area contributed by atoms with E-state index in [1.807, 2.05) is 70.5 Å². The normalized spacial score (nSPS) is 23.2. The van der Waals surface area contributed by atoms with Crippen LogP contribution in [0.3, 0.4) is 0 Å². The molecule has 0 saturated carbocycles. The summed E-state index contributed by atoms with van der Waals surface area (Å²) in [4.78, 5) is 28.9. The van der Waals surface area contributed by atoms with Gasteiger partial charge in [0.05, 0.1) is 0 Å². The highest BCUT2D eigenvalue weighted by atomic mass is 16.2. The average Bonchev–Trinajstić information content (AvgIpc) is 3.19. The Morgan fingerprint density at radius 2 is 1.58 bits per heavy atom. The number of likely N-dealkylation sites (tertiary alicyclic amines) is 1. The van der Waals surface area contributed by atoms with Crippen LogP contribution < -0.4 is 4.90 Å². The van der Waals surface area contributed by atoms with E-state index in [-0.39, 0.29) is 17.2 Å². The molecule has 2 aromatic carbocycles. The fourth-order valence-electron chi connectivity index (χ4n) is 3.88. The van der Waals surface area contributed by atoms with Gasteiger partial charge in [0.25, 0.3) is 5.91 Å². The maximum atomic E-state index is 12.6. The second kappa shape index (κ2) is 5.78. The third-order valence-electron chi connectivity index (χ3n) is 5.13. The number of hydrogen-bond acceptors (Lipinski definition) is 2. The molecule has 0 radical (unpaired) electrons. The molecule has 2 aliphatic heterocycles. The number of rotatable bonds is 2. The Balaban J connectivity index is 1.50. The van der Waals surface area contributed by atoms with Gasteiger partial charge in [-0.1, -0.05) is 36.4 Å². The number of amides is 2. The zero-order chi connectivity index (χ0) is 16.6. The molecule has 4 rings (SSSR count). The molecule has 0 N–H and O–H groups in total. The van der Waals surface area contributed by atoms with Gasteiger partial charge in [0.15, 0.2) is 0 Å². The van der Waals surface area contributed by atoms with Crippen LogP contribution in [0.25, 0.3) is 0 Å². The summed E-state index contributed by atoms with van der Waals surface area (Å²) in [6, 6.07) is 19.2. The third kappa shape index (κ3) is 2.58. The molecule has 2 saturated heterocycles. The summed E-state index contributed by atoms with van der Waals surface area (Å²) in [7, 11) is 0. The molecule has 0 aliphatic carbocycles. The number of para-hydroxylation sites is 1. The molecule has 2 fully saturated rings. The highest BCUT2D eigenvalue weighted by Gasteiger charge is 2.48. The van der Waals surface area contributed by atoms with Gasteiger partial charge in [-0.05, 0) is 30.7 Å². The van der Waals surface area contributed by atoms with Crippen molar-refractivity contribution in [2.24, 2.45) is 5.41 Å². The maximum Gasteiger partial charge on any atom is 0.253 e. The van der Waals surface area contributed by atoms with Crippen LogP contribution in [-0.4, -0.2) is 36.3 Å². The van der Waals surface area contributed by atoms with Gasteiger partial charge >= 0.3 is 0 Å². The number of anilines is 1. The molecule has 0 unspecified atom stereocenters. The van der Waals surface area contributed by atoms with Crippen LogP contribution in [0.2, 0.25) is 0 Å². The lowest BCUT2D eigenvalue weighted by atomic mass is 9.86. The van der Waals surface area contributed by atoms with E-state index in [2.05, 4.69) is 0 Å². The van der Waals surface area contributed by atoms with Crippen molar-refractivity contribution >= 4 is 17.5 Å². The lowest BCUT2D eigenvalue weighted by Crippen LogP contribution is -2.34. The molecule has 2 aliphatic rings. The quantitative estimate of drug-likeness (QED) is 0.853. The fraction of sp³-hybridized carbons (Fsp3) is 0.300. The Hall–Kier alpha value is -2.62. The lowest BCUT2D eigenvalue weighted by molar-refractivity contribution is -0.117. The van der Waals surface area contributed by atoms with Crippen molar-refractivity contribution in [3.05, 3.63) is 66.2 Å². The molecule has 122 valence electrons. The average molecular weight is 320 g/mol. The van der Waals surface area contributed by atoms with E-state index < -0.39 is 0 Å². The topological polar surface area (TPSA) is 40.6 Å². The van der Waals surface area contributed by atoms with Gasteiger partial charge in [-0.15, -0.1) is 0 Å². The summed E-state index contributed by atoms with van der Waals surface area (Å²) in [5.41, 5.74) is 1.57. The van der Waals surface area contributed by atoms with E-state index in [0.29, 0.717) is 19.5 Å². The standard InChI is InChI=1S/C20H20N2O2/c23-18-13-20(15-22(18)17-9-5-2-6-10-17)11-12-21(14-20)19(24)16-7-3-1-4-8-16/h1-10H,11-15H2/t20-/m1/s1. The first-order chi connectivity index (χ1) is 11.7. The molecule has 0 bridgehead atoms. The van der Waals surface area contributed by atoms with Gasteiger partial charge in [0.1, 0.15) is 0 Å². The van der Waals surface area contributed by atoms with Crippen molar-refractivity contribution in [3.8, 4) is 0 Å². The van der Waals surface area contributed by atoms with Crippen molar-refractivity contribution < 1.29 is 9.59 Å². The van der Waals surface area contributed by atoms with Gasteiger partial charge < -0.3 is 9.80 Å².